The number of benzene rings is 2. The quantitative estimate of drug-likeness (QED) is 0.888. The highest BCUT2D eigenvalue weighted by atomic mass is 32.2. The van der Waals surface area contributed by atoms with Crippen LogP contribution in [0, 0.1) is 6.92 Å². The van der Waals surface area contributed by atoms with Crippen LogP contribution in [-0.4, -0.2) is 26.1 Å². The minimum Gasteiger partial charge on any atom is -0.310 e. The fraction of sp³-hybridized carbons (Fsp3) is 0.278. The van der Waals surface area contributed by atoms with Gasteiger partial charge in [-0.3, -0.25) is 9.52 Å². The summed E-state index contributed by atoms with van der Waals surface area (Å²) in [6.45, 7) is 6.06. The summed E-state index contributed by atoms with van der Waals surface area (Å²) in [7, 11) is -3.72. The highest BCUT2D eigenvalue weighted by Gasteiger charge is 2.27. The van der Waals surface area contributed by atoms with Gasteiger partial charge in [0.2, 0.25) is 5.91 Å². The lowest BCUT2D eigenvalue weighted by Crippen LogP contribution is -2.37. The van der Waals surface area contributed by atoms with Crippen molar-refractivity contribution in [2.45, 2.75) is 35.8 Å². The van der Waals surface area contributed by atoms with Crippen molar-refractivity contribution in [1.29, 1.82) is 0 Å². The summed E-state index contributed by atoms with van der Waals surface area (Å²) in [5.41, 5.74) is 2.22. The molecule has 2 aromatic rings. The van der Waals surface area contributed by atoms with Gasteiger partial charge in [0.25, 0.3) is 10.0 Å². The molecule has 1 heterocycles. The molecule has 0 radical (unpaired) electrons. The van der Waals surface area contributed by atoms with E-state index in [0.29, 0.717) is 17.9 Å². The van der Waals surface area contributed by atoms with E-state index >= 15 is 0 Å². The van der Waals surface area contributed by atoms with Crippen LogP contribution in [0.5, 0.6) is 0 Å². The van der Waals surface area contributed by atoms with Gasteiger partial charge in [-0.15, -0.1) is 11.8 Å². The zero-order valence-corrected chi connectivity index (χ0v) is 15.9. The van der Waals surface area contributed by atoms with E-state index in [-0.39, 0.29) is 16.1 Å². The van der Waals surface area contributed by atoms with E-state index in [4.69, 9.17) is 0 Å². The first-order valence-electron chi connectivity index (χ1n) is 7.94. The Kier molecular flexibility index (Phi) is 4.79. The molecule has 132 valence electrons. The van der Waals surface area contributed by atoms with Gasteiger partial charge in [0.1, 0.15) is 0 Å². The summed E-state index contributed by atoms with van der Waals surface area (Å²) in [5.74, 6) is -0.0885. The van der Waals surface area contributed by atoms with Gasteiger partial charge in [-0.05, 0) is 37.3 Å². The Hall–Kier alpha value is -1.99. The van der Waals surface area contributed by atoms with E-state index in [1.54, 1.807) is 47.0 Å². The highest BCUT2D eigenvalue weighted by Crippen LogP contribution is 2.39. The Morgan fingerprint density at radius 3 is 2.52 bits per heavy atom. The number of thioether (sulfide) groups is 1. The van der Waals surface area contributed by atoms with Crippen molar-refractivity contribution in [3.05, 3.63) is 48.0 Å². The number of carbonyl (C=O) groups excluding carboxylic acids is 1. The Bertz CT molecular complexity index is 908. The predicted molar refractivity (Wildman–Crippen MR) is 102 cm³/mol. The fourth-order valence-corrected chi connectivity index (χ4v) is 4.89. The maximum atomic E-state index is 12.7. The van der Waals surface area contributed by atoms with Crippen LogP contribution in [0.15, 0.2) is 52.3 Å². The van der Waals surface area contributed by atoms with Crippen LogP contribution in [0.4, 0.5) is 11.4 Å². The Morgan fingerprint density at radius 1 is 1.20 bits per heavy atom. The molecule has 1 N–H and O–H groups in total. The lowest BCUT2D eigenvalue weighted by atomic mass is 10.2. The SMILES string of the molecule is CC(=O)N1CC(C)Sc2ccc(S(=O)(=O)Nc3ccc(C)cc3)cc21. The fourth-order valence-electron chi connectivity index (χ4n) is 2.72. The number of aryl methyl sites for hydroxylation is 1. The summed E-state index contributed by atoms with van der Waals surface area (Å²) < 4.78 is 28.0. The molecule has 25 heavy (non-hydrogen) atoms. The van der Waals surface area contributed by atoms with Crippen molar-refractivity contribution in [2.75, 3.05) is 16.2 Å². The molecule has 0 spiro atoms. The number of rotatable bonds is 3. The second-order valence-electron chi connectivity index (χ2n) is 6.16. The average Bonchev–Trinajstić information content (AvgIpc) is 2.55. The standard InChI is InChI=1S/C18H20N2O3S2/c1-12-4-6-15(7-5-12)19-25(22,23)16-8-9-18-17(10-16)20(14(3)21)11-13(2)24-18/h4-10,13,19H,11H2,1-3H3. The summed E-state index contributed by atoms with van der Waals surface area (Å²) in [6.07, 6.45) is 0. The number of anilines is 2. The van der Waals surface area contributed by atoms with Crippen molar-refractivity contribution < 1.29 is 13.2 Å². The Balaban J connectivity index is 1.96. The Labute approximate surface area is 152 Å². The van der Waals surface area contributed by atoms with Gasteiger partial charge in [0.05, 0.1) is 10.6 Å². The number of amides is 1. The molecule has 7 heteroatoms. The van der Waals surface area contributed by atoms with Crippen molar-refractivity contribution in [3.63, 3.8) is 0 Å². The van der Waals surface area contributed by atoms with Gasteiger partial charge in [-0.25, -0.2) is 8.42 Å². The second-order valence-corrected chi connectivity index (χ2v) is 9.32. The molecular weight excluding hydrogens is 356 g/mol. The number of nitrogens with zero attached hydrogens (tertiary/aromatic N) is 1. The van der Waals surface area contributed by atoms with E-state index in [1.807, 2.05) is 26.0 Å². The first-order valence-corrected chi connectivity index (χ1v) is 10.3. The molecule has 0 aromatic heterocycles. The molecule has 1 unspecified atom stereocenters. The zero-order valence-electron chi connectivity index (χ0n) is 14.3. The van der Waals surface area contributed by atoms with E-state index in [0.717, 1.165) is 10.5 Å². The zero-order chi connectivity index (χ0) is 18.2. The van der Waals surface area contributed by atoms with Crippen LogP contribution in [-0.2, 0) is 14.8 Å². The van der Waals surface area contributed by atoms with E-state index in [2.05, 4.69) is 4.72 Å². The van der Waals surface area contributed by atoms with Crippen molar-refractivity contribution in [3.8, 4) is 0 Å². The van der Waals surface area contributed by atoms with Crippen LogP contribution in [0.3, 0.4) is 0 Å². The topological polar surface area (TPSA) is 66.5 Å². The monoisotopic (exact) mass is 376 g/mol. The van der Waals surface area contributed by atoms with Crippen LogP contribution in [0.1, 0.15) is 19.4 Å². The molecule has 5 nitrogen and oxygen atoms in total. The normalized spacial score (nSPS) is 17.1. The molecule has 1 aliphatic heterocycles. The van der Waals surface area contributed by atoms with Gasteiger partial charge < -0.3 is 4.90 Å². The summed E-state index contributed by atoms with van der Waals surface area (Å²) in [6, 6.07) is 12.1. The molecule has 1 atom stereocenters. The summed E-state index contributed by atoms with van der Waals surface area (Å²) >= 11 is 1.65. The van der Waals surface area contributed by atoms with E-state index in [9.17, 15) is 13.2 Å². The van der Waals surface area contributed by atoms with Gasteiger partial charge in [0.15, 0.2) is 0 Å². The van der Waals surface area contributed by atoms with Crippen molar-refractivity contribution >= 4 is 39.1 Å². The van der Waals surface area contributed by atoms with Crippen LogP contribution < -0.4 is 9.62 Å². The predicted octanol–water partition coefficient (Wildman–Crippen LogP) is 3.64. The molecule has 3 rings (SSSR count). The van der Waals surface area contributed by atoms with Gasteiger partial charge >= 0.3 is 0 Å². The number of fused-ring (bicyclic) bond motifs is 1. The van der Waals surface area contributed by atoms with Crippen LogP contribution in [0.25, 0.3) is 0 Å². The average molecular weight is 377 g/mol. The third kappa shape index (κ3) is 3.82. The molecule has 0 fully saturated rings. The maximum Gasteiger partial charge on any atom is 0.261 e. The van der Waals surface area contributed by atoms with Crippen molar-refractivity contribution in [1.82, 2.24) is 0 Å². The minimum atomic E-state index is -3.72. The van der Waals surface area contributed by atoms with E-state index < -0.39 is 10.0 Å². The number of hydrogen-bond acceptors (Lipinski definition) is 4. The molecule has 0 bridgehead atoms. The number of carbonyl (C=O) groups is 1. The smallest absolute Gasteiger partial charge is 0.261 e. The van der Waals surface area contributed by atoms with Crippen molar-refractivity contribution in [2.24, 2.45) is 0 Å². The maximum absolute atomic E-state index is 12.7. The minimum absolute atomic E-state index is 0.0885. The van der Waals surface area contributed by atoms with E-state index in [1.165, 1.54) is 6.92 Å². The van der Waals surface area contributed by atoms with Gasteiger partial charge in [0, 0.05) is 29.3 Å². The third-order valence-corrected chi connectivity index (χ3v) is 6.51. The molecule has 0 saturated heterocycles. The molecule has 1 amide bonds. The van der Waals surface area contributed by atoms with Gasteiger partial charge in [-0.2, -0.15) is 0 Å². The molecule has 1 aliphatic rings. The lowest BCUT2D eigenvalue weighted by molar-refractivity contribution is -0.116. The first-order chi connectivity index (χ1) is 11.8. The molecule has 2 aromatic carbocycles. The van der Waals surface area contributed by atoms with Crippen LogP contribution >= 0.6 is 11.8 Å². The van der Waals surface area contributed by atoms with Gasteiger partial charge in [-0.1, -0.05) is 24.6 Å². The largest absolute Gasteiger partial charge is 0.310 e. The molecule has 0 aliphatic carbocycles. The third-order valence-electron chi connectivity index (χ3n) is 3.98. The number of nitrogens with one attached hydrogen (secondary N) is 1. The first kappa shape index (κ1) is 17.8. The summed E-state index contributed by atoms with van der Waals surface area (Å²) in [4.78, 5) is 14.6. The molecule has 0 saturated carbocycles. The lowest BCUT2D eigenvalue weighted by Gasteiger charge is -2.32. The molecular formula is C18H20N2O3S2. The van der Waals surface area contributed by atoms with Crippen LogP contribution in [0.2, 0.25) is 0 Å². The second kappa shape index (κ2) is 6.72. The number of sulfonamides is 1. The Morgan fingerprint density at radius 2 is 1.88 bits per heavy atom. The summed E-state index contributed by atoms with van der Waals surface area (Å²) in [5, 5.41) is 0.268. The highest BCUT2D eigenvalue weighted by molar-refractivity contribution is 8.00. The number of hydrogen-bond donors (Lipinski definition) is 1.